The summed E-state index contributed by atoms with van der Waals surface area (Å²) in [5, 5.41) is 13.6. The van der Waals surface area contributed by atoms with Gasteiger partial charge in [0.25, 0.3) is 0 Å². The van der Waals surface area contributed by atoms with Crippen molar-refractivity contribution in [3.05, 3.63) is 48.3 Å². The van der Waals surface area contributed by atoms with E-state index in [2.05, 4.69) is 31.2 Å². The average Bonchev–Trinajstić information content (AvgIpc) is 3.48. The third-order valence-corrected chi connectivity index (χ3v) is 7.32. The van der Waals surface area contributed by atoms with Crippen molar-refractivity contribution in [2.45, 2.75) is 29.9 Å². The lowest BCUT2D eigenvalue weighted by Gasteiger charge is -2.33. The van der Waals surface area contributed by atoms with Crippen LogP contribution in [0.3, 0.4) is 0 Å². The minimum absolute atomic E-state index is 0.119. The van der Waals surface area contributed by atoms with Crippen molar-refractivity contribution in [2.75, 3.05) is 36.1 Å². The molecule has 4 heterocycles. The number of likely N-dealkylation sites (tertiary alicyclic amines) is 1. The zero-order valence-corrected chi connectivity index (χ0v) is 18.1. The number of H-pyrrole nitrogens is 1. The van der Waals surface area contributed by atoms with Crippen molar-refractivity contribution < 1.29 is 8.42 Å². The molecule has 31 heavy (non-hydrogen) atoms. The summed E-state index contributed by atoms with van der Waals surface area (Å²) in [4.78, 5) is 12.8. The topological polar surface area (TPSA) is 105 Å². The Morgan fingerprint density at radius 1 is 1.26 bits per heavy atom. The molecule has 0 aliphatic carbocycles. The van der Waals surface area contributed by atoms with E-state index in [1.807, 2.05) is 30.6 Å². The van der Waals surface area contributed by atoms with Crippen LogP contribution in [-0.4, -0.2) is 55.2 Å². The number of nitriles is 1. The molecule has 0 saturated carbocycles. The number of fused-ring (bicyclic) bond motifs is 3. The quantitative estimate of drug-likeness (QED) is 0.634. The van der Waals surface area contributed by atoms with E-state index in [-0.39, 0.29) is 12.2 Å². The maximum Gasteiger partial charge on any atom is 0.175 e. The molecular formula is C22H24N6O2S. The first-order valence-electron chi connectivity index (χ1n) is 10.4. The molecule has 2 aromatic heterocycles. The molecule has 8 nitrogen and oxygen atoms in total. The molecule has 2 aliphatic rings. The van der Waals surface area contributed by atoms with Crippen LogP contribution in [0.4, 0.5) is 11.4 Å². The van der Waals surface area contributed by atoms with E-state index < -0.39 is 9.84 Å². The van der Waals surface area contributed by atoms with Crippen LogP contribution in [0.25, 0.3) is 11.0 Å². The number of sulfone groups is 1. The van der Waals surface area contributed by atoms with Crippen LogP contribution in [0.15, 0.2) is 47.6 Å². The first kappa shape index (κ1) is 19.8. The van der Waals surface area contributed by atoms with E-state index in [9.17, 15) is 8.42 Å². The summed E-state index contributed by atoms with van der Waals surface area (Å²) in [6.07, 6.45) is 6.39. The van der Waals surface area contributed by atoms with Gasteiger partial charge in [0.15, 0.2) is 9.84 Å². The molecule has 160 valence electrons. The molecule has 2 N–H and O–H groups in total. The van der Waals surface area contributed by atoms with Gasteiger partial charge in [-0.3, -0.25) is 0 Å². The zero-order chi connectivity index (χ0) is 21.6. The fourth-order valence-corrected chi connectivity index (χ4v) is 5.34. The van der Waals surface area contributed by atoms with E-state index >= 15 is 0 Å². The molecular weight excluding hydrogens is 412 g/mol. The summed E-state index contributed by atoms with van der Waals surface area (Å²) < 4.78 is 23.8. The largest absolute Gasteiger partial charge is 0.358 e. The van der Waals surface area contributed by atoms with Gasteiger partial charge in [0, 0.05) is 49.9 Å². The molecule has 0 bridgehead atoms. The number of aromatic amines is 1. The van der Waals surface area contributed by atoms with Crippen molar-refractivity contribution in [3.63, 3.8) is 0 Å². The Morgan fingerprint density at radius 2 is 2.06 bits per heavy atom. The highest BCUT2D eigenvalue weighted by Crippen LogP contribution is 2.47. The highest BCUT2D eigenvalue weighted by Gasteiger charge is 2.39. The first-order chi connectivity index (χ1) is 15.0. The summed E-state index contributed by atoms with van der Waals surface area (Å²) in [5.74, 6) is 0. The Hall–Kier alpha value is -3.09. The molecule has 1 saturated heterocycles. The first-order valence-corrected chi connectivity index (χ1v) is 12.2. The predicted octanol–water partition coefficient (Wildman–Crippen LogP) is 2.89. The van der Waals surface area contributed by atoms with Gasteiger partial charge in [-0.05, 0) is 30.2 Å². The number of hydrogen-bond acceptors (Lipinski definition) is 7. The molecule has 0 spiro atoms. The van der Waals surface area contributed by atoms with Crippen molar-refractivity contribution >= 4 is 32.2 Å². The number of nitrogens with zero attached hydrogens (tertiary/aromatic N) is 4. The van der Waals surface area contributed by atoms with E-state index in [1.165, 1.54) is 6.26 Å². The second-order valence-electron chi connectivity index (χ2n) is 8.21. The second-order valence-corrected chi connectivity index (χ2v) is 10.2. The third-order valence-electron chi connectivity index (χ3n) is 6.19. The minimum atomic E-state index is -3.24. The van der Waals surface area contributed by atoms with E-state index in [0.717, 1.165) is 54.0 Å². The fraction of sp³-hybridized carbons (Fsp3) is 0.364. The van der Waals surface area contributed by atoms with E-state index in [0.29, 0.717) is 11.3 Å². The van der Waals surface area contributed by atoms with Gasteiger partial charge in [0.1, 0.15) is 11.8 Å². The highest BCUT2D eigenvalue weighted by molar-refractivity contribution is 7.90. The van der Waals surface area contributed by atoms with Gasteiger partial charge in [0.2, 0.25) is 0 Å². The van der Waals surface area contributed by atoms with Crippen LogP contribution in [0.5, 0.6) is 0 Å². The number of anilines is 2. The van der Waals surface area contributed by atoms with Crippen LogP contribution in [0, 0.1) is 11.3 Å². The molecule has 2 unspecified atom stereocenters. The number of nitrogens with one attached hydrogen (secondary N) is 2. The Morgan fingerprint density at radius 3 is 2.81 bits per heavy atom. The number of aromatic nitrogens is 2. The summed E-state index contributed by atoms with van der Waals surface area (Å²) in [7, 11) is -3.24. The predicted molar refractivity (Wildman–Crippen MR) is 120 cm³/mol. The smallest absolute Gasteiger partial charge is 0.175 e. The lowest BCUT2D eigenvalue weighted by atomic mass is 10.1. The normalized spacial score (nSPS) is 21.2. The highest BCUT2D eigenvalue weighted by atomic mass is 32.2. The maximum atomic E-state index is 11.9. The van der Waals surface area contributed by atoms with Crippen molar-refractivity contribution in [1.29, 1.82) is 5.26 Å². The van der Waals surface area contributed by atoms with Crippen molar-refractivity contribution in [1.82, 2.24) is 14.9 Å². The van der Waals surface area contributed by atoms with Gasteiger partial charge in [-0.25, -0.2) is 13.4 Å². The summed E-state index contributed by atoms with van der Waals surface area (Å²) >= 11 is 0. The van der Waals surface area contributed by atoms with E-state index in [1.54, 1.807) is 12.1 Å². The average molecular weight is 437 g/mol. The molecule has 1 aromatic carbocycles. The fourth-order valence-electron chi connectivity index (χ4n) is 4.71. The Balaban J connectivity index is 1.54. The molecule has 2 aliphatic heterocycles. The monoisotopic (exact) mass is 436 g/mol. The summed E-state index contributed by atoms with van der Waals surface area (Å²) in [6, 6.07) is 11.7. The van der Waals surface area contributed by atoms with Gasteiger partial charge in [0.05, 0.1) is 28.5 Å². The van der Waals surface area contributed by atoms with Crippen LogP contribution < -0.4 is 10.2 Å². The molecule has 1 fully saturated rings. The molecule has 3 aromatic rings. The molecule has 2 atom stereocenters. The Kier molecular flexibility index (Phi) is 4.84. The second kappa shape index (κ2) is 7.55. The lowest BCUT2D eigenvalue weighted by molar-refractivity contribution is 0.339. The van der Waals surface area contributed by atoms with E-state index in [4.69, 9.17) is 5.26 Å². The number of rotatable bonds is 5. The zero-order valence-electron chi connectivity index (χ0n) is 17.2. The minimum Gasteiger partial charge on any atom is -0.358 e. The maximum absolute atomic E-state index is 11.9. The summed E-state index contributed by atoms with van der Waals surface area (Å²) in [6.45, 7) is 2.62. The number of pyridine rings is 1. The standard InChI is InChI=1S/C22H24N6O2S/c1-31(29,30)17-5-3-15(4-6-17)22-26-19-13-25-21-18(7-10-24-21)20(19)28(22)16-8-12-27(14-16)11-2-9-23/h3-7,10,13,16,22,26H,2,8,11-12,14H2,1H3,(H,24,25). The molecule has 9 heteroatoms. The van der Waals surface area contributed by atoms with Crippen LogP contribution in [0.2, 0.25) is 0 Å². The Labute approximate surface area is 181 Å². The molecule has 0 radical (unpaired) electrons. The lowest BCUT2D eigenvalue weighted by Crippen LogP contribution is -2.40. The van der Waals surface area contributed by atoms with Gasteiger partial charge in [-0.1, -0.05) is 12.1 Å². The van der Waals surface area contributed by atoms with Crippen molar-refractivity contribution in [3.8, 4) is 6.07 Å². The summed E-state index contributed by atoms with van der Waals surface area (Å²) in [5.41, 5.74) is 3.94. The Bertz CT molecular complexity index is 1260. The van der Waals surface area contributed by atoms with Gasteiger partial charge in [-0.15, -0.1) is 0 Å². The SMILES string of the molecule is CS(=O)(=O)c1ccc(C2Nc3cnc4[nH]ccc4c3N2C2CCN(CCC#N)C2)cc1. The third kappa shape index (κ3) is 3.52. The number of hydrogen-bond donors (Lipinski definition) is 2. The van der Waals surface area contributed by atoms with Gasteiger partial charge in [-0.2, -0.15) is 5.26 Å². The van der Waals surface area contributed by atoms with Crippen LogP contribution in [-0.2, 0) is 9.84 Å². The van der Waals surface area contributed by atoms with Gasteiger partial charge < -0.3 is 20.1 Å². The van der Waals surface area contributed by atoms with Crippen LogP contribution in [0.1, 0.15) is 24.6 Å². The van der Waals surface area contributed by atoms with Gasteiger partial charge >= 0.3 is 0 Å². The molecule has 5 rings (SSSR count). The van der Waals surface area contributed by atoms with Crippen LogP contribution >= 0.6 is 0 Å². The number of benzene rings is 1. The molecule has 0 amide bonds. The van der Waals surface area contributed by atoms with Crippen molar-refractivity contribution in [2.24, 2.45) is 0 Å².